The summed E-state index contributed by atoms with van der Waals surface area (Å²) in [5.41, 5.74) is 4.95. The van der Waals surface area contributed by atoms with Gasteiger partial charge in [0, 0.05) is 32.9 Å². The van der Waals surface area contributed by atoms with Crippen LogP contribution in [-0.2, 0) is 25.7 Å². The molecule has 0 unspecified atom stereocenters. The number of methoxy groups -OCH3 is 1. The number of benzene rings is 1. The Hall–Kier alpha value is -4.53. The highest BCUT2D eigenvalue weighted by Crippen LogP contribution is 2.40. The number of carbonyl (C=O) groups is 4. The van der Waals surface area contributed by atoms with E-state index in [9.17, 15) is 19.2 Å². The van der Waals surface area contributed by atoms with E-state index >= 15 is 0 Å². The maximum Gasteiger partial charge on any atom is 0.407 e. The number of aromatic nitrogens is 2. The van der Waals surface area contributed by atoms with Crippen LogP contribution < -0.4 is 16.0 Å². The Bertz CT molecular complexity index is 1810. The molecule has 0 spiro atoms. The number of aromatic amines is 1. The molecule has 330 valence electrons. The summed E-state index contributed by atoms with van der Waals surface area (Å²) in [7, 11) is 3.36. The molecule has 0 aliphatic heterocycles. The van der Waals surface area contributed by atoms with Crippen LogP contribution in [0.25, 0.3) is 36.6 Å². The topological polar surface area (TPSA) is 149 Å². The Balaban J connectivity index is 0.00000180. The third-order valence-electron chi connectivity index (χ3n) is 7.57. The quantitative estimate of drug-likeness (QED) is 0.0723. The van der Waals surface area contributed by atoms with Crippen LogP contribution in [0.15, 0.2) is 48.7 Å². The summed E-state index contributed by atoms with van der Waals surface area (Å²) in [4.78, 5) is 58.9. The third-order valence-corrected chi connectivity index (χ3v) is 9.95. The van der Waals surface area contributed by atoms with Crippen molar-refractivity contribution in [3.8, 4) is 10.4 Å². The molecule has 0 saturated carbocycles. The minimum absolute atomic E-state index is 0.00662. The summed E-state index contributed by atoms with van der Waals surface area (Å²) in [6.07, 6.45) is 7.67. The van der Waals surface area contributed by atoms with Crippen LogP contribution in [0.4, 0.5) is 4.79 Å². The maximum atomic E-state index is 12.8. The number of nitrogens with zero attached hydrogens (tertiary/aromatic N) is 3. The minimum Gasteiger partial charge on any atom is -0.453 e. The molecule has 3 heterocycles. The zero-order valence-electron chi connectivity index (χ0n) is 37.9. The highest BCUT2D eigenvalue weighted by atomic mass is 32.1. The van der Waals surface area contributed by atoms with Gasteiger partial charge in [-0.25, -0.2) is 9.78 Å². The molecule has 0 bridgehead atoms. The average Bonchev–Trinajstić information content (AvgIpc) is 3.93. The van der Waals surface area contributed by atoms with Crippen molar-refractivity contribution in [1.29, 1.82) is 0 Å². The van der Waals surface area contributed by atoms with Gasteiger partial charge in [0.1, 0.15) is 12.1 Å². The Morgan fingerprint density at radius 1 is 0.915 bits per heavy atom. The normalized spacial score (nSPS) is 10.4. The van der Waals surface area contributed by atoms with Crippen molar-refractivity contribution >= 4 is 73.0 Å². The molecule has 0 aliphatic rings. The highest BCUT2D eigenvalue weighted by Gasteiger charge is 2.17. The lowest BCUT2D eigenvalue weighted by molar-refractivity contribution is -0.132. The standard InChI is InChI=1S/C33H44N6O2S2.C4H7NO3.2C3H8.C2H6/c1-7-11-32(40)34-19-33(41)39(15-9-3)20-22(5)35-24(10-4)28-18-30-29(43-28)17-27(42-30)23-12-13-25-26(16-23)37-31(36-25)21-38(6)14-8-2;1-8-4(7)5-2-3-6;2*1-3-2;1-2/h10,12-13,16-18,35H,5,7-9,11,14-15,19-21H2,1-4,6H3,(H,34,40)(H,36,37);3H,2H2,1H3,(H,5,7);2*3H2,1-2H3;1-2H3/b24-10-;;;;. The number of ether oxygens (including phenoxy) is 1. The zero-order valence-corrected chi connectivity index (χ0v) is 39.6. The van der Waals surface area contributed by atoms with E-state index in [0.717, 1.165) is 65.5 Å². The summed E-state index contributed by atoms with van der Waals surface area (Å²) < 4.78 is 6.61. The van der Waals surface area contributed by atoms with E-state index in [-0.39, 0.29) is 24.9 Å². The van der Waals surface area contributed by atoms with E-state index in [2.05, 4.69) is 109 Å². The van der Waals surface area contributed by atoms with Gasteiger partial charge in [-0.15, -0.1) is 22.7 Å². The van der Waals surface area contributed by atoms with Gasteiger partial charge in [-0.1, -0.05) is 93.9 Å². The fourth-order valence-electron chi connectivity index (χ4n) is 5.21. The number of hydrogen-bond donors (Lipinski definition) is 4. The van der Waals surface area contributed by atoms with Crippen LogP contribution in [0.3, 0.4) is 0 Å². The fraction of sp³-hybridized carbons (Fsp3) is 0.533. The van der Waals surface area contributed by atoms with E-state index in [1.807, 2.05) is 40.7 Å². The second-order valence-electron chi connectivity index (χ2n) is 13.3. The van der Waals surface area contributed by atoms with Crippen LogP contribution in [0.5, 0.6) is 0 Å². The molecule has 14 heteroatoms. The van der Waals surface area contributed by atoms with E-state index in [1.165, 1.54) is 39.8 Å². The van der Waals surface area contributed by atoms with Gasteiger partial charge in [-0.05, 0) is 69.6 Å². The molecule has 12 nitrogen and oxygen atoms in total. The van der Waals surface area contributed by atoms with Gasteiger partial charge < -0.3 is 35.4 Å². The minimum atomic E-state index is -0.586. The molecule has 59 heavy (non-hydrogen) atoms. The predicted octanol–water partition coefficient (Wildman–Crippen LogP) is 10.4. The first-order chi connectivity index (χ1) is 28.4. The summed E-state index contributed by atoms with van der Waals surface area (Å²) in [6, 6.07) is 10.9. The first-order valence-corrected chi connectivity index (χ1v) is 22.6. The lowest BCUT2D eigenvalue weighted by atomic mass is 10.1. The summed E-state index contributed by atoms with van der Waals surface area (Å²) in [5, 5.41) is 8.32. The number of carbonyl (C=O) groups excluding carboxylic acids is 4. The second-order valence-corrected chi connectivity index (χ2v) is 15.5. The van der Waals surface area contributed by atoms with Crippen molar-refractivity contribution in [2.45, 2.75) is 114 Å². The van der Waals surface area contributed by atoms with Gasteiger partial charge in [0.15, 0.2) is 0 Å². The summed E-state index contributed by atoms with van der Waals surface area (Å²) >= 11 is 3.53. The highest BCUT2D eigenvalue weighted by molar-refractivity contribution is 7.30. The molecule has 4 rings (SSSR count). The first kappa shape index (κ1) is 54.5. The number of alkyl carbamates (subject to hydrolysis) is 1. The summed E-state index contributed by atoms with van der Waals surface area (Å²) in [6.45, 7) is 27.7. The van der Waals surface area contributed by atoms with Gasteiger partial charge in [-0.2, -0.15) is 0 Å². The van der Waals surface area contributed by atoms with Crippen molar-refractivity contribution in [2.75, 3.05) is 46.9 Å². The Kier molecular flexibility index (Phi) is 29.9. The smallest absolute Gasteiger partial charge is 0.407 e. The monoisotopic (exact) mass is 856 g/mol. The molecule has 0 atom stereocenters. The molecular weight excluding hydrogens is 783 g/mol. The SMILES string of the molecule is C=C(CN(CCC)C(=O)CNC(=O)CCC)N/C(=C\C)c1cc2sc(-c3ccc4nc(CN(C)CCC)[nH]c4c3)cc2s1.CC.CCC.CCC.COC(=O)NCC=O. The van der Waals surface area contributed by atoms with Crippen molar-refractivity contribution in [3.63, 3.8) is 0 Å². The van der Waals surface area contributed by atoms with Crippen LogP contribution in [-0.4, -0.2) is 90.8 Å². The van der Waals surface area contributed by atoms with E-state index in [4.69, 9.17) is 4.98 Å². The van der Waals surface area contributed by atoms with Crippen LogP contribution >= 0.6 is 22.7 Å². The van der Waals surface area contributed by atoms with Gasteiger partial charge in [0.25, 0.3) is 0 Å². The average molecular weight is 856 g/mol. The number of rotatable bonds is 18. The van der Waals surface area contributed by atoms with Crippen molar-refractivity contribution in [1.82, 2.24) is 35.7 Å². The van der Waals surface area contributed by atoms with Crippen LogP contribution in [0, 0.1) is 0 Å². The van der Waals surface area contributed by atoms with Gasteiger partial charge in [0.2, 0.25) is 11.8 Å². The van der Waals surface area contributed by atoms with Crippen molar-refractivity contribution in [2.24, 2.45) is 0 Å². The Morgan fingerprint density at radius 2 is 1.56 bits per heavy atom. The second kappa shape index (κ2) is 32.3. The molecule has 3 aromatic heterocycles. The van der Waals surface area contributed by atoms with Crippen molar-refractivity contribution < 1.29 is 23.9 Å². The molecule has 0 radical (unpaired) electrons. The number of thiophene rings is 2. The number of amides is 3. The van der Waals surface area contributed by atoms with Gasteiger partial charge in [0.05, 0.1) is 54.9 Å². The van der Waals surface area contributed by atoms with Gasteiger partial charge in [-0.3, -0.25) is 14.5 Å². The van der Waals surface area contributed by atoms with Crippen LogP contribution in [0.2, 0.25) is 0 Å². The zero-order chi connectivity index (χ0) is 44.8. The van der Waals surface area contributed by atoms with Gasteiger partial charge >= 0.3 is 6.09 Å². The molecule has 0 aliphatic carbocycles. The largest absolute Gasteiger partial charge is 0.453 e. The number of H-pyrrole nitrogens is 1. The molecule has 3 amide bonds. The fourth-order valence-corrected chi connectivity index (χ4v) is 7.64. The molecule has 1 aromatic carbocycles. The lowest BCUT2D eigenvalue weighted by Crippen LogP contribution is -2.42. The maximum absolute atomic E-state index is 12.8. The first-order valence-electron chi connectivity index (χ1n) is 21.0. The van der Waals surface area contributed by atoms with E-state index < -0.39 is 6.09 Å². The van der Waals surface area contributed by atoms with Crippen LogP contribution in [0.1, 0.15) is 118 Å². The molecule has 0 fully saturated rings. The third kappa shape index (κ3) is 20.8. The Labute approximate surface area is 362 Å². The van der Waals surface area contributed by atoms with E-state index in [0.29, 0.717) is 25.8 Å². The number of allylic oxidation sites excluding steroid dienone is 1. The number of hydrogen-bond acceptors (Lipinski definition) is 10. The molecule has 4 N–H and O–H groups in total. The molecule has 4 aromatic rings. The number of fused-ring (bicyclic) bond motifs is 2. The number of nitrogens with one attached hydrogen (secondary N) is 4. The lowest BCUT2D eigenvalue weighted by Gasteiger charge is -2.24. The molecular formula is C45H73N7O5S2. The van der Waals surface area contributed by atoms with E-state index in [1.54, 1.807) is 27.6 Å². The number of imidazole rings is 1. The summed E-state index contributed by atoms with van der Waals surface area (Å²) in [5.74, 6) is 0.797. The van der Waals surface area contributed by atoms with Crippen molar-refractivity contribution in [3.05, 3.63) is 59.4 Å². The predicted molar refractivity (Wildman–Crippen MR) is 252 cm³/mol. The molecule has 0 saturated heterocycles. The Morgan fingerprint density at radius 3 is 2.12 bits per heavy atom. The number of aldehydes is 1.